The maximum Gasteiger partial charge on any atom is 0.227 e. The van der Waals surface area contributed by atoms with Gasteiger partial charge in [-0.1, -0.05) is 75.3 Å². The molecule has 0 amide bonds. The fraction of sp³-hybridized carbons (Fsp3) is 0.353. The Hall–Kier alpha value is -3.86. The van der Waals surface area contributed by atoms with E-state index in [-0.39, 0.29) is 5.92 Å². The fourth-order valence-electron chi connectivity index (χ4n) is 5.11. The molecule has 3 aromatic rings. The molecule has 2 atom stereocenters. The standard InChI is InChI=1S/C34H41N3O2/c1-9-21(3)16-23(5)26-18-30(38-7)32(31(19-26)39-8)29-13-11-12-25-20-35-34(37-33(25)29)36-27-14-15-28(22(4)10-2)24(6)17-27/h11-20,23-24H,9-10H2,1-8H3,(H,35,36,37)/b21-16-,28-22+. The Morgan fingerprint density at radius 2 is 1.77 bits per heavy atom. The van der Waals surface area contributed by atoms with E-state index in [0.29, 0.717) is 11.9 Å². The summed E-state index contributed by atoms with van der Waals surface area (Å²) in [6.07, 6.45) is 12.8. The molecule has 1 aliphatic carbocycles. The Bertz CT molecular complexity index is 1450. The number of anilines is 1. The van der Waals surface area contributed by atoms with E-state index < -0.39 is 0 Å². The number of ether oxygens (including phenoxy) is 2. The molecule has 5 heteroatoms. The molecule has 1 aliphatic rings. The lowest BCUT2D eigenvalue weighted by atomic mass is 9.90. The van der Waals surface area contributed by atoms with Crippen LogP contribution < -0.4 is 14.8 Å². The summed E-state index contributed by atoms with van der Waals surface area (Å²) in [5.41, 5.74) is 8.96. The molecule has 39 heavy (non-hydrogen) atoms. The van der Waals surface area contributed by atoms with Crippen molar-refractivity contribution in [2.75, 3.05) is 19.5 Å². The maximum atomic E-state index is 5.93. The first-order chi connectivity index (χ1) is 18.8. The first-order valence-electron chi connectivity index (χ1n) is 13.8. The van der Waals surface area contributed by atoms with E-state index >= 15 is 0 Å². The van der Waals surface area contributed by atoms with E-state index in [0.717, 1.165) is 57.6 Å². The molecule has 2 aromatic carbocycles. The molecule has 0 saturated carbocycles. The number of fused-ring (bicyclic) bond motifs is 1. The Balaban J connectivity index is 1.77. The topological polar surface area (TPSA) is 56.3 Å². The Morgan fingerprint density at radius 3 is 2.38 bits per heavy atom. The number of nitrogens with one attached hydrogen (secondary N) is 1. The zero-order valence-electron chi connectivity index (χ0n) is 24.6. The normalized spacial score (nSPS) is 17.6. The maximum absolute atomic E-state index is 5.93. The van der Waals surface area contributed by atoms with Crippen molar-refractivity contribution in [3.63, 3.8) is 0 Å². The van der Waals surface area contributed by atoms with Crippen LogP contribution in [-0.2, 0) is 0 Å². The molecule has 0 saturated heterocycles. The molecule has 204 valence electrons. The van der Waals surface area contributed by atoms with Gasteiger partial charge in [0.05, 0.1) is 25.3 Å². The summed E-state index contributed by atoms with van der Waals surface area (Å²) in [4.78, 5) is 9.58. The van der Waals surface area contributed by atoms with Gasteiger partial charge in [0.2, 0.25) is 5.95 Å². The van der Waals surface area contributed by atoms with Crippen molar-refractivity contribution in [1.82, 2.24) is 9.97 Å². The van der Waals surface area contributed by atoms with Crippen LogP contribution in [-0.4, -0.2) is 24.2 Å². The minimum atomic E-state index is 0.239. The predicted octanol–water partition coefficient (Wildman–Crippen LogP) is 9.00. The molecular weight excluding hydrogens is 482 g/mol. The third-order valence-electron chi connectivity index (χ3n) is 7.67. The van der Waals surface area contributed by atoms with Crippen LogP contribution in [0.4, 0.5) is 5.95 Å². The van der Waals surface area contributed by atoms with E-state index in [1.807, 2.05) is 18.3 Å². The van der Waals surface area contributed by atoms with Crippen molar-refractivity contribution in [1.29, 1.82) is 0 Å². The second-order valence-corrected chi connectivity index (χ2v) is 10.4. The van der Waals surface area contributed by atoms with Gasteiger partial charge < -0.3 is 14.8 Å². The van der Waals surface area contributed by atoms with Gasteiger partial charge in [-0.05, 0) is 62.0 Å². The molecule has 1 heterocycles. The summed E-state index contributed by atoms with van der Waals surface area (Å²) < 4.78 is 11.9. The third kappa shape index (κ3) is 6.08. The monoisotopic (exact) mass is 523 g/mol. The molecule has 0 aliphatic heterocycles. The van der Waals surface area contributed by atoms with Crippen LogP contribution >= 0.6 is 0 Å². The number of benzene rings is 2. The lowest BCUT2D eigenvalue weighted by Gasteiger charge is -2.20. The highest BCUT2D eigenvalue weighted by Gasteiger charge is 2.20. The van der Waals surface area contributed by atoms with E-state index in [4.69, 9.17) is 14.5 Å². The van der Waals surface area contributed by atoms with E-state index in [2.05, 4.69) is 94.3 Å². The predicted molar refractivity (Wildman–Crippen MR) is 164 cm³/mol. The number of hydrogen-bond donors (Lipinski definition) is 1. The Labute approximate surface area is 233 Å². The zero-order chi connectivity index (χ0) is 28.1. The molecular formula is C34H41N3O2. The van der Waals surface area contributed by atoms with Crippen molar-refractivity contribution in [2.45, 2.75) is 60.3 Å². The van der Waals surface area contributed by atoms with E-state index in [9.17, 15) is 0 Å². The lowest BCUT2D eigenvalue weighted by Crippen LogP contribution is -2.09. The van der Waals surface area contributed by atoms with Crippen LogP contribution in [0.1, 0.15) is 65.9 Å². The Morgan fingerprint density at radius 1 is 1.05 bits per heavy atom. The average Bonchev–Trinajstić information content (AvgIpc) is 2.95. The SMILES string of the molecule is CC/C(C)=C\C(C)c1cc(OC)c(-c2cccc3cnc(NC4=CC(C)/C(=C(\C)CC)C=C4)nc23)c(OC)c1. The van der Waals surface area contributed by atoms with Gasteiger partial charge in [-0.25, -0.2) is 9.97 Å². The van der Waals surface area contributed by atoms with E-state index in [1.54, 1.807) is 14.2 Å². The number of allylic oxidation sites excluding steroid dienone is 7. The fourth-order valence-corrected chi connectivity index (χ4v) is 5.11. The van der Waals surface area contributed by atoms with Gasteiger partial charge in [0, 0.05) is 28.8 Å². The highest BCUT2D eigenvalue weighted by molar-refractivity contribution is 5.97. The summed E-state index contributed by atoms with van der Waals surface area (Å²) in [6, 6.07) is 10.3. The van der Waals surface area contributed by atoms with Gasteiger partial charge >= 0.3 is 0 Å². The molecule has 0 radical (unpaired) electrons. The zero-order valence-corrected chi connectivity index (χ0v) is 24.6. The number of rotatable bonds is 9. The van der Waals surface area contributed by atoms with Crippen LogP contribution in [0.25, 0.3) is 22.0 Å². The first kappa shape index (κ1) is 28.2. The van der Waals surface area contributed by atoms with Gasteiger partial charge in [-0.15, -0.1) is 0 Å². The third-order valence-corrected chi connectivity index (χ3v) is 7.67. The Kier molecular flexibility index (Phi) is 8.90. The van der Waals surface area contributed by atoms with Gasteiger partial charge in [-0.2, -0.15) is 0 Å². The number of hydrogen-bond acceptors (Lipinski definition) is 5. The summed E-state index contributed by atoms with van der Waals surface area (Å²) in [6.45, 7) is 13.2. The minimum Gasteiger partial charge on any atom is -0.496 e. The smallest absolute Gasteiger partial charge is 0.227 e. The van der Waals surface area contributed by atoms with Crippen LogP contribution in [0.3, 0.4) is 0 Å². The van der Waals surface area contributed by atoms with E-state index in [1.165, 1.54) is 16.7 Å². The second-order valence-electron chi connectivity index (χ2n) is 10.4. The summed E-state index contributed by atoms with van der Waals surface area (Å²) >= 11 is 0. The quantitative estimate of drug-likeness (QED) is 0.284. The largest absolute Gasteiger partial charge is 0.496 e. The van der Waals surface area contributed by atoms with Crippen molar-refractivity contribution >= 4 is 16.9 Å². The number of methoxy groups -OCH3 is 2. The van der Waals surface area contributed by atoms with Gasteiger partial charge in [0.15, 0.2) is 0 Å². The van der Waals surface area contributed by atoms with Crippen LogP contribution in [0.5, 0.6) is 11.5 Å². The summed E-state index contributed by atoms with van der Waals surface area (Å²) in [5, 5.41) is 4.38. The van der Waals surface area contributed by atoms with Crippen molar-refractivity contribution in [2.24, 2.45) is 5.92 Å². The molecule has 1 N–H and O–H groups in total. The van der Waals surface area contributed by atoms with Crippen LogP contribution in [0, 0.1) is 5.92 Å². The molecule has 4 rings (SSSR count). The van der Waals surface area contributed by atoms with Crippen molar-refractivity contribution in [3.05, 3.63) is 88.8 Å². The van der Waals surface area contributed by atoms with Crippen LogP contribution in [0.15, 0.2) is 83.2 Å². The van der Waals surface area contributed by atoms with Gasteiger partial charge in [-0.3, -0.25) is 0 Å². The molecule has 2 unspecified atom stereocenters. The van der Waals surface area contributed by atoms with Gasteiger partial charge in [0.1, 0.15) is 11.5 Å². The average molecular weight is 524 g/mol. The minimum absolute atomic E-state index is 0.239. The van der Waals surface area contributed by atoms with Crippen LogP contribution in [0.2, 0.25) is 0 Å². The molecule has 0 fully saturated rings. The van der Waals surface area contributed by atoms with Gasteiger partial charge in [0.25, 0.3) is 0 Å². The molecule has 5 nitrogen and oxygen atoms in total. The van der Waals surface area contributed by atoms with Crippen molar-refractivity contribution in [3.8, 4) is 22.6 Å². The highest BCUT2D eigenvalue weighted by Crippen LogP contribution is 2.43. The van der Waals surface area contributed by atoms with Crippen molar-refractivity contribution < 1.29 is 9.47 Å². The summed E-state index contributed by atoms with van der Waals surface area (Å²) in [7, 11) is 3.41. The molecule has 0 bridgehead atoms. The number of aromatic nitrogens is 2. The second kappa shape index (κ2) is 12.3. The highest BCUT2D eigenvalue weighted by atomic mass is 16.5. The number of para-hydroxylation sites is 1. The first-order valence-corrected chi connectivity index (χ1v) is 13.8. The molecule has 1 aromatic heterocycles. The lowest BCUT2D eigenvalue weighted by molar-refractivity contribution is 0.396. The molecule has 0 spiro atoms. The summed E-state index contributed by atoms with van der Waals surface area (Å²) in [5.74, 6) is 2.65. The number of nitrogens with zero attached hydrogens (tertiary/aromatic N) is 2.